The minimum atomic E-state index is -0.891. The van der Waals surface area contributed by atoms with Gasteiger partial charge in [-0.15, -0.1) is 0 Å². The van der Waals surface area contributed by atoms with Gasteiger partial charge in [0.05, 0.1) is 11.3 Å². The number of carbonyl (C=O) groups is 1. The van der Waals surface area contributed by atoms with E-state index in [0.717, 1.165) is 18.5 Å². The fourth-order valence-corrected chi connectivity index (χ4v) is 3.78. The standard InChI is InChI=1S/C22H21NO2/c1-15-7-12-20-18(13-15)14-21(16-5-3-2-4-6-16)23(20)19-10-8-17(9-11-19)22(24)25/h2-6,8-11,14-15H,7,12-13H2,1H3,(H,24,25)/t15-/m0/s1. The van der Waals surface area contributed by atoms with Gasteiger partial charge >= 0.3 is 5.97 Å². The molecular formula is C22H21NO2. The largest absolute Gasteiger partial charge is 0.478 e. The molecule has 3 nitrogen and oxygen atoms in total. The Labute approximate surface area is 147 Å². The third-order valence-corrected chi connectivity index (χ3v) is 5.08. The van der Waals surface area contributed by atoms with Crippen molar-refractivity contribution in [2.75, 3.05) is 0 Å². The van der Waals surface area contributed by atoms with E-state index in [4.69, 9.17) is 5.11 Å². The Morgan fingerprint density at radius 1 is 1.08 bits per heavy atom. The monoisotopic (exact) mass is 331 g/mol. The minimum Gasteiger partial charge on any atom is -0.478 e. The van der Waals surface area contributed by atoms with E-state index >= 15 is 0 Å². The van der Waals surface area contributed by atoms with E-state index < -0.39 is 5.97 Å². The second-order valence-electron chi connectivity index (χ2n) is 6.90. The maximum atomic E-state index is 11.1. The lowest BCUT2D eigenvalue weighted by molar-refractivity contribution is 0.0697. The molecule has 1 atom stereocenters. The quantitative estimate of drug-likeness (QED) is 0.736. The number of aromatic nitrogens is 1. The second-order valence-corrected chi connectivity index (χ2v) is 6.90. The van der Waals surface area contributed by atoms with Crippen LogP contribution in [-0.2, 0) is 12.8 Å². The van der Waals surface area contributed by atoms with Gasteiger partial charge in [-0.3, -0.25) is 0 Å². The van der Waals surface area contributed by atoms with Gasteiger partial charge in [-0.25, -0.2) is 4.79 Å². The van der Waals surface area contributed by atoms with E-state index in [1.807, 2.05) is 18.2 Å². The van der Waals surface area contributed by atoms with Crippen molar-refractivity contribution in [2.45, 2.75) is 26.2 Å². The van der Waals surface area contributed by atoms with Crippen LogP contribution in [0.3, 0.4) is 0 Å². The molecule has 4 rings (SSSR count). The molecule has 0 fully saturated rings. The van der Waals surface area contributed by atoms with E-state index in [0.29, 0.717) is 11.5 Å². The SMILES string of the molecule is C[C@H]1CCc2c(cc(-c3ccccc3)n2-c2ccc(C(=O)O)cc2)C1. The van der Waals surface area contributed by atoms with Crippen molar-refractivity contribution in [2.24, 2.45) is 5.92 Å². The van der Waals surface area contributed by atoms with Crippen molar-refractivity contribution >= 4 is 5.97 Å². The van der Waals surface area contributed by atoms with Crippen molar-refractivity contribution in [3.05, 3.63) is 77.5 Å². The third-order valence-electron chi connectivity index (χ3n) is 5.08. The molecule has 0 amide bonds. The number of nitrogens with zero attached hydrogens (tertiary/aromatic N) is 1. The van der Waals surface area contributed by atoms with Gasteiger partial charge in [-0.05, 0) is 66.6 Å². The summed E-state index contributed by atoms with van der Waals surface area (Å²) < 4.78 is 2.31. The average molecular weight is 331 g/mol. The Morgan fingerprint density at radius 3 is 2.48 bits per heavy atom. The molecule has 0 spiro atoms. The fraction of sp³-hybridized carbons (Fsp3) is 0.227. The maximum absolute atomic E-state index is 11.1. The van der Waals surface area contributed by atoms with Crippen LogP contribution in [0.25, 0.3) is 16.9 Å². The zero-order valence-corrected chi connectivity index (χ0v) is 14.3. The van der Waals surface area contributed by atoms with Gasteiger partial charge in [0.25, 0.3) is 0 Å². The topological polar surface area (TPSA) is 42.2 Å². The van der Waals surface area contributed by atoms with Crippen LogP contribution in [-0.4, -0.2) is 15.6 Å². The first-order valence-electron chi connectivity index (χ1n) is 8.76. The Hall–Kier alpha value is -2.81. The highest BCUT2D eigenvalue weighted by atomic mass is 16.4. The van der Waals surface area contributed by atoms with Crippen molar-refractivity contribution in [1.29, 1.82) is 0 Å². The first-order valence-corrected chi connectivity index (χ1v) is 8.76. The summed E-state index contributed by atoms with van der Waals surface area (Å²) in [7, 11) is 0. The lowest BCUT2D eigenvalue weighted by Crippen LogP contribution is -2.13. The lowest BCUT2D eigenvalue weighted by Gasteiger charge is -2.21. The van der Waals surface area contributed by atoms with Gasteiger partial charge in [0.2, 0.25) is 0 Å². The normalized spacial score (nSPS) is 16.4. The van der Waals surface area contributed by atoms with Crippen molar-refractivity contribution in [3.8, 4) is 16.9 Å². The molecule has 0 saturated heterocycles. The fourth-order valence-electron chi connectivity index (χ4n) is 3.78. The number of hydrogen-bond donors (Lipinski definition) is 1. The third kappa shape index (κ3) is 2.86. The molecule has 1 aromatic heterocycles. The predicted octanol–water partition coefficient (Wildman–Crippen LogP) is 4.97. The Balaban J connectivity index is 1.89. The summed E-state index contributed by atoms with van der Waals surface area (Å²) in [5, 5.41) is 9.15. The van der Waals surface area contributed by atoms with Crippen molar-refractivity contribution in [1.82, 2.24) is 4.57 Å². The van der Waals surface area contributed by atoms with Crippen molar-refractivity contribution < 1.29 is 9.90 Å². The van der Waals surface area contributed by atoms with Crippen LogP contribution in [0.4, 0.5) is 0 Å². The number of aromatic carboxylic acids is 1. The van der Waals surface area contributed by atoms with E-state index in [2.05, 4.69) is 41.8 Å². The molecule has 1 aliphatic rings. The summed E-state index contributed by atoms with van der Waals surface area (Å²) in [4.78, 5) is 11.1. The van der Waals surface area contributed by atoms with Crippen LogP contribution < -0.4 is 0 Å². The summed E-state index contributed by atoms with van der Waals surface area (Å²) in [6.07, 6.45) is 3.36. The molecule has 1 aliphatic carbocycles. The zero-order chi connectivity index (χ0) is 17.4. The van der Waals surface area contributed by atoms with Crippen LogP contribution in [0.1, 0.15) is 35.0 Å². The predicted molar refractivity (Wildman–Crippen MR) is 99.4 cm³/mol. The second kappa shape index (κ2) is 6.25. The van der Waals surface area contributed by atoms with Crippen molar-refractivity contribution in [3.63, 3.8) is 0 Å². The van der Waals surface area contributed by atoms with Gasteiger partial charge in [0.15, 0.2) is 0 Å². The summed E-state index contributed by atoms with van der Waals surface area (Å²) in [6.45, 7) is 2.31. The Bertz CT molecular complexity index is 907. The zero-order valence-electron chi connectivity index (χ0n) is 14.3. The van der Waals surface area contributed by atoms with E-state index in [1.54, 1.807) is 12.1 Å². The van der Waals surface area contributed by atoms with Gasteiger partial charge in [-0.1, -0.05) is 37.3 Å². The highest BCUT2D eigenvalue weighted by molar-refractivity contribution is 5.87. The molecule has 3 heteroatoms. The molecule has 1 heterocycles. The maximum Gasteiger partial charge on any atom is 0.335 e. The highest BCUT2D eigenvalue weighted by Crippen LogP contribution is 2.35. The molecule has 1 N–H and O–H groups in total. The van der Waals surface area contributed by atoms with E-state index in [1.165, 1.54) is 28.9 Å². The smallest absolute Gasteiger partial charge is 0.335 e. The van der Waals surface area contributed by atoms with E-state index in [-0.39, 0.29) is 0 Å². The number of fused-ring (bicyclic) bond motifs is 1. The Morgan fingerprint density at radius 2 is 1.80 bits per heavy atom. The van der Waals surface area contributed by atoms with Crippen LogP contribution in [0.2, 0.25) is 0 Å². The van der Waals surface area contributed by atoms with Gasteiger partial charge in [-0.2, -0.15) is 0 Å². The molecular weight excluding hydrogens is 310 g/mol. The van der Waals surface area contributed by atoms with Crippen LogP contribution in [0, 0.1) is 5.92 Å². The molecule has 126 valence electrons. The number of rotatable bonds is 3. The average Bonchev–Trinajstić information content (AvgIpc) is 3.01. The lowest BCUT2D eigenvalue weighted by atomic mass is 9.89. The number of carboxylic acids is 1. The first kappa shape index (κ1) is 15.7. The number of benzene rings is 2. The summed E-state index contributed by atoms with van der Waals surface area (Å²) >= 11 is 0. The molecule has 0 bridgehead atoms. The number of hydrogen-bond acceptors (Lipinski definition) is 1. The summed E-state index contributed by atoms with van der Waals surface area (Å²) in [5.41, 5.74) is 6.49. The van der Waals surface area contributed by atoms with Gasteiger partial charge in [0.1, 0.15) is 0 Å². The molecule has 0 aliphatic heterocycles. The molecule has 25 heavy (non-hydrogen) atoms. The molecule has 0 saturated carbocycles. The molecule has 3 aromatic rings. The van der Waals surface area contributed by atoms with Gasteiger partial charge < -0.3 is 9.67 Å². The van der Waals surface area contributed by atoms with Crippen LogP contribution in [0.5, 0.6) is 0 Å². The molecule has 2 aromatic carbocycles. The van der Waals surface area contributed by atoms with Crippen LogP contribution in [0.15, 0.2) is 60.7 Å². The number of carboxylic acid groups (broad SMARTS) is 1. The first-order chi connectivity index (χ1) is 12.1. The van der Waals surface area contributed by atoms with Gasteiger partial charge in [0, 0.05) is 11.4 Å². The highest BCUT2D eigenvalue weighted by Gasteiger charge is 2.23. The molecule has 0 radical (unpaired) electrons. The minimum absolute atomic E-state index is 0.319. The molecule has 0 unspecified atom stereocenters. The van der Waals surface area contributed by atoms with E-state index in [9.17, 15) is 4.79 Å². The van der Waals surface area contributed by atoms with Crippen LogP contribution >= 0.6 is 0 Å². The summed E-state index contributed by atoms with van der Waals surface area (Å²) in [5.74, 6) is -0.181. The summed E-state index contributed by atoms with van der Waals surface area (Å²) in [6, 6.07) is 19.9. The Kier molecular flexibility index (Phi) is 3.92.